The molecule has 0 saturated carbocycles. The topological polar surface area (TPSA) is 43.9 Å². The normalized spacial score (nSPS) is 20.0. The van der Waals surface area contributed by atoms with Crippen molar-refractivity contribution in [2.24, 2.45) is 0 Å². The molecule has 1 aromatic rings. The van der Waals surface area contributed by atoms with Crippen molar-refractivity contribution < 1.29 is 9.59 Å². The van der Waals surface area contributed by atoms with Crippen molar-refractivity contribution >= 4 is 41.0 Å². The molecule has 1 fully saturated rings. The maximum Gasteiger partial charge on any atom is 0.326 e. The Morgan fingerprint density at radius 2 is 1.92 bits per heavy atom. The SMILES string of the molecule is CCCCC1N(C)C(=O)C(CCSC)N1C(=O)N(C)c1ccc(Cl)cc1. The predicted octanol–water partition coefficient (Wildman–Crippen LogP) is 4.31. The fraction of sp³-hybridized carbons (Fsp3) is 0.579. The highest BCUT2D eigenvalue weighted by atomic mass is 35.5. The van der Waals surface area contributed by atoms with Gasteiger partial charge in [-0.2, -0.15) is 11.8 Å². The molecular formula is C19H28ClN3O2S. The molecule has 144 valence electrons. The van der Waals surface area contributed by atoms with E-state index in [1.165, 1.54) is 0 Å². The van der Waals surface area contributed by atoms with Gasteiger partial charge in [0.05, 0.1) is 0 Å². The van der Waals surface area contributed by atoms with Gasteiger partial charge in [-0.05, 0) is 55.5 Å². The van der Waals surface area contributed by atoms with Crippen molar-refractivity contribution in [3.8, 4) is 0 Å². The molecule has 2 atom stereocenters. The first-order valence-corrected chi connectivity index (χ1v) is 10.8. The largest absolute Gasteiger partial charge is 0.326 e. The number of unbranched alkanes of at least 4 members (excludes halogenated alkanes) is 1. The van der Waals surface area contributed by atoms with Crippen LogP contribution in [0.1, 0.15) is 32.6 Å². The minimum atomic E-state index is -0.392. The van der Waals surface area contributed by atoms with Crippen LogP contribution in [-0.2, 0) is 4.79 Å². The molecule has 1 aliphatic rings. The lowest BCUT2D eigenvalue weighted by Crippen LogP contribution is -2.50. The fourth-order valence-corrected chi connectivity index (χ4v) is 3.90. The summed E-state index contributed by atoms with van der Waals surface area (Å²) in [5.74, 6) is 0.886. The molecule has 0 N–H and O–H groups in total. The van der Waals surface area contributed by atoms with Crippen LogP contribution in [0.25, 0.3) is 0 Å². The predicted molar refractivity (Wildman–Crippen MR) is 110 cm³/mol. The molecule has 5 nitrogen and oxygen atoms in total. The smallest absolute Gasteiger partial charge is 0.323 e. The molecule has 1 heterocycles. The van der Waals surface area contributed by atoms with Crippen LogP contribution in [0.4, 0.5) is 10.5 Å². The van der Waals surface area contributed by atoms with Gasteiger partial charge in [-0.15, -0.1) is 0 Å². The summed E-state index contributed by atoms with van der Waals surface area (Å²) in [6.45, 7) is 2.12. The van der Waals surface area contributed by atoms with E-state index < -0.39 is 6.04 Å². The van der Waals surface area contributed by atoms with E-state index in [0.29, 0.717) is 11.4 Å². The number of amides is 3. The highest BCUT2D eigenvalue weighted by Crippen LogP contribution is 2.30. The van der Waals surface area contributed by atoms with E-state index in [-0.39, 0.29) is 18.1 Å². The van der Waals surface area contributed by atoms with Crippen LogP contribution in [0.15, 0.2) is 24.3 Å². The third-order valence-electron chi connectivity index (χ3n) is 4.87. The maximum absolute atomic E-state index is 13.3. The summed E-state index contributed by atoms with van der Waals surface area (Å²) in [6, 6.07) is 6.64. The van der Waals surface area contributed by atoms with Gasteiger partial charge >= 0.3 is 6.03 Å². The molecule has 3 amide bonds. The lowest BCUT2D eigenvalue weighted by atomic mass is 10.1. The highest BCUT2D eigenvalue weighted by Gasteiger charge is 2.46. The van der Waals surface area contributed by atoms with Gasteiger partial charge < -0.3 is 4.90 Å². The van der Waals surface area contributed by atoms with Gasteiger partial charge in [-0.25, -0.2) is 4.79 Å². The van der Waals surface area contributed by atoms with Crippen molar-refractivity contribution in [2.75, 3.05) is 31.0 Å². The number of urea groups is 1. The number of halogens is 1. The second kappa shape index (κ2) is 9.51. The van der Waals surface area contributed by atoms with Crippen LogP contribution in [0.2, 0.25) is 5.02 Å². The molecule has 7 heteroatoms. The Bertz CT molecular complexity index is 626. The Morgan fingerprint density at radius 1 is 1.27 bits per heavy atom. The number of rotatable bonds is 7. The molecule has 0 aromatic heterocycles. The Kier molecular flexibility index (Phi) is 7.65. The summed E-state index contributed by atoms with van der Waals surface area (Å²) in [6.07, 6.45) is 5.32. The van der Waals surface area contributed by atoms with Gasteiger partial charge in [0.1, 0.15) is 12.2 Å². The summed E-state index contributed by atoms with van der Waals surface area (Å²) in [4.78, 5) is 31.2. The zero-order chi connectivity index (χ0) is 19.3. The second-order valence-electron chi connectivity index (χ2n) is 6.59. The quantitative estimate of drug-likeness (QED) is 0.688. The Hall–Kier alpha value is -1.40. The zero-order valence-corrected chi connectivity index (χ0v) is 17.5. The Labute approximate surface area is 165 Å². The van der Waals surface area contributed by atoms with Gasteiger partial charge in [-0.1, -0.05) is 24.9 Å². The first kappa shape index (κ1) is 20.9. The number of carbonyl (C=O) groups is 2. The number of hydrogen-bond acceptors (Lipinski definition) is 3. The van der Waals surface area contributed by atoms with Crippen LogP contribution in [0.5, 0.6) is 0 Å². The summed E-state index contributed by atoms with van der Waals surface area (Å²) in [5.41, 5.74) is 0.763. The lowest BCUT2D eigenvalue weighted by molar-refractivity contribution is -0.128. The summed E-state index contributed by atoms with van der Waals surface area (Å²) < 4.78 is 0. The van der Waals surface area contributed by atoms with Crippen LogP contribution in [0, 0.1) is 0 Å². The molecule has 1 saturated heterocycles. The van der Waals surface area contributed by atoms with Crippen molar-refractivity contribution in [3.05, 3.63) is 29.3 Å². The van der Waals surface area contributed by atoms with E-state index in [1.54, 1.807) is 45.6 Å². The van der Waals surface area contributed by atoms with Gasteiger partial charge in [-0.3, -0.25) is 14.6 Å². The van der Waals surface area contributed by atoms with Gasteiger partial charge in [0.15, 0.2) is 0 Å². The molecule has 0 radical (unpaired) electrons. The third kappa shape index (κ3) is 4.46. The molecule has 2 rings (SSSR count). The highest BCUT2D eigenvalue weighted by molar-refractivity contribution is 7.98. The number of carbonyl (C=O) groups excluding carboxylic acids is 2. The minimum absolute atomic E-state index is 0.0398. The van der Waals surface area contributed by atoms with Crippen molar-refractivity contribution in [1.82, 2.24) is 9.80 Å². The van der Waals surface area contributed by atoms with E-state index in [9.17, 15) is 9.59 Å². The van der Waals surface area contributed by atoms with E-state index >= 15 is 0 Å². The zero-order valence-electron chi connectivity index (χ0n) is 15.9. The van der Waals surface area contributed by atoms with Crippen molar-refractivity contribution in [3.63, 3.8) is 0 Å². The molecule has 0 aliphatic carbocycles. The number of likely N-dealkylation sites (N-methyl/N-ethyl adjacent to an activating group) is 1. The average Bonchev–Trinajstić information content (AvgIpc) is 2.88. The van der Waals surface area contributed by atoms with Crippen LogP contribution in [-0.4, -0.2) is 60.0 Å². The standard InChI is InChI=1S/C19H28ClN3O2S/c1-5-6-7-17-22(3)18(24)16(12-13-26-4)23(17)19(25)21(2)15-10-8-14(20)9-11-15/h8-11,16-17H,5-7,12-13H2,1-4H3. The second-order valence-corrected chi connectivity index (χ2v) is 8.02. The van der Waals surface area contributed by atoms with E-state index in [4.69, 9.17) is 11.6 Å². The average molecular weight is 398 g/mol. The maximum atomic E-state index is 13.3. The van der Waals surface area contributed by atoms with E-state index in [0.717, 1.165) is 30.7 Å². The van der Waals surface area contributed by atoms with Gasteiger partial charge in [0.2, 0.25) is 5.91 Å². The molecular weight excluding hydrogens is 370 g/mol. The fourth-order valence-electron chi connectivity index (χ4n) is 3.32. The van der Waals surface area contributed by atoms with Crippen molar-refractivity contribution in [2.45, 2.75) is 44.8 Å². The summed E-state index contributed by atoms with van der Waals surface area (Å²) >= 11 is 7.65. The third-order valence-corrected chi connectivity index (χ3v) is 5.77. The van der Waals surface area contributed by atoms with E-state index in [1.807, 2.05) is 25.4 Å². The lowest BCUT2D eigenvalue weighted by Gasteiger charge is -2.33. The summed E-state index contributed by atoms with van der Waals surface area (Å²) in [7, 11) is 3.56. The monoisotopic (exact) mass is 397 g/mol. The van der Waals surface area contributed by atoms with Crippen molar-refractivity contribution in [1.29, 1.82) is 0 Å². The first-order valence-electron chi connectivity index (χ1n) is 8.99. The summed E-state index contributed by atoms with van der Waals surface area (Å²) in [5, 5.41) is 0.629. The molecule has 26 heavy (non-hydrogen) atoms. The first-order chi connectivity index (χ1) is 12.4. The Morgan fingerprint density at radius 3 is 2.50 bits per heavy atom. The molecule has 1 aliphatic heterocycles. The van der Waals surface area contributed by atoms with Crippen LogP contribution in [0.3, 0.4) is 0 Å². The van der Waals surface area contributed by atoms with Gasteiger partial charge in [0.25, 0.3) is 0 Å². The van der Waals surface area contributed by atoms with Crippen LogP contribution >= 0.6 is 23.4 Å². The molecule has 0 spiro atoms. The van der Waals surface area contributed by atoms with E-state index in [2.05, 4.69) is 6.92 Å². The molecule has 1 aromatic carbocycles. The molecule has 2 unspecified atom stereocenters. The number of benzene rings is 1. The molecule has 0 bridgehead atoms. The number of anilines is 1. The number of thioether (sulfide) groups is 1. The minimum Gasteiger partial charge on any atom is -0.323 e. The Balaban J connectivity index is 2.29. The number of hydrogen-bond donors (Lipinski definition) is 0. The number of nitrogens with zero attached hydrogens (tertiary/aromatic N) is 3. The van der Waals surface area contributed by atoms with Gasteiger partial charge in [0, 0.05) is 24.8 Å². The van der Waals surface area contributed by atoms with Crippen LogP contribution < -0.4 is 4.90 Å².